The number of hydrogen-bond donors (Lipinski definition) is 1. The molecule has 1 saturated heterocycles. The van der Waals surface area contributed by atoms with Gasteiger partial charge < -0.3 is 5.32 Å². The van der Waals surface area contributed by atoms with E-state index in [0.717, 1.165) is 48.9 Å². The zero-order valence-electron chi connectivity index (χ0n) is 10.1. The third kappa shape index (κ3) is 3.74. The average Bonchev–Trinajstić information content (AvgIpc) is 2.35. The lowest BCUT2D eigenvalue weighted by Gasteiger charge is -2.24. The first-order valence-corrected chi connectivity index (χ1v) is 6.31. The van der Waals surface area contributed by atoms with E-state index in [0.29, 0.717) is 0 Å². The molecule has 1 aromatic rings. The molecule has 0 bridgehead atoms. The highest BCUT2D eigenvalue weighted by Gasteiger charge is 2.06. The third-order valence-electron chi connectivity index (χ3n) is 2.92. The van der Waals surface area contributed by atoms with Crippen molar-refractivity contribution in [1.82, 2.24) is 10.2 Å². The molecule has 17 heavy (non-hydrogen) atoms. The molecule has 1 aliphatic rings. The van der Waals surface area contributed by atoms with Crippen molar-refractivity contribution in [3.8, 4) is 11.8 Å². The Labute approximate surface area is 108 Å². The Morgan fingerprint density at radius 2 is 2.12 bits per heavy atom. The molecule has 1 heterocycles. The predicted octanol–water partition coefficient (Wildman–Crippen LogP) is 1.91. The van der Waals surface area contributed by atoms with Crippen LogP contribution in [0.4, 0.5) is 0 Å². The zero-order chi connectivity index (χ0) is 12.1. The zero-order valence-corrected chi connectivity index (χ0v) is 10.8. The van der Waals surface area contributed by atoms with Gasteiger partial charge in [0, 0.05) is 36.8 Å². The first kappa shape index (κ1) is 12.4. The predicted molar refractivity (Wildman–Crippen MR) is 72.4 cm³/mol. The van der Waals surface area contributed by atoms with Gasteiger partial charge in [-0.1, -0.05) is 29.5 Å². The Hall–Kier alpha value is -1.01. The minimum Gasteiger partial charge on any atom is -0.314 e. The van der Waals surface area contributed by atoms with Crippen LogP contribution in [0.15, 0.2) is 18.2 Å². The van der Waals surface area contributed by atoms with Gasteiger partial charge in [0.1, 0.15) is 0 Å². The van der Waals surface area contributed by atoms with E-state index >= 15 is 0 Å². The highest BCUT2D eigenvalue weighted by atomic mass is 35.5. The van der Waals surface area contributed by atoms with Crippen molar-refractivity contribution in [3.63, 3.8) is 0 Å². The second kappa shape index (κ2) is 6.07. The molecule has 0 amide bonds. The van der Waals surface area contributed by atoms with E-state index in [1.807, 2.05) is 25.1 Å². The molecule has 0 aliphatic carbocycles. The second-order valence-corrected chi connectivity index (χ2v) is 4.70. The Kier molecular flexibility index (Phi) is 4.44. The smallest absolute Gasteiger partial charge is 0.0606 e. The lowest BCUT2D eigenvalue weighted by molar-refractivity contribution is 0.268. The van der Waals surface area contributed by atoms with Crippen LogP contribution in [0.25, 0.3) is 0 Å². The molecule has 0 atom stereocenters. The molecular formula is C14H17ClN2. The van der Waals surface area contributed by atoms with E-state index in [9.17, 15) is 0 Å². The SMILES string of the molecule is Cc1ccc(C#CCN2CCNCC2)cc1Cl. The van der Waals surface area contributed by atoms with Gasteiger partial charge in [0.05, 0.1) is 6.54 Å². The van der Waals surface area contributed by atoms with Crippen LogP contribution in [-0.2, 0) is 0 Å². The van der Waals surface area contributed by atoms with E-state index in [2.05, 4.69) is 22.1 Å². The van der Waals surface area contributed by atoms with Crippen molar-refractivity contribution in [2.45, 2.75) is 6.92 Å². The fraction of sp³-hybridized carbons (Fsp3) is 0.429. The number of piperazine rings is 1. The van der Waals surface area contributed by atoms with Gasteiger partial charge in [0.25, 0.3) is 0 Å². The lowest BCUT2D eigenvalue weighted by Crippen LogP contribution is -2.43. The van der Waals surface area contributed by atoms with Gasteiger partial charge in [-0.2, -0.15) is 0 Å². The number of hydrogen-bond acceptors (Lipinski definition) is 2. The van der Waals surface area contributed by atoms with E-state index < -0.39 is 0 Å². The standard InChI is InChI=1S/C14H17ClN2/c1-12-4-5-13(11-14(12)15)3-2-8-17-9-6-16-7-10-17/h4-5,11,16H,6-10H2,1H3. The highest BCUT2D eigenvalue weighted by molar-refractivity contribution is 6.31. The molecule has 0 saturated carbocycles. The van der Waals surface area contributed by atoms with Crippen molar-refractivity contribution in [3.05, 3.63) is 34.3 Å². The summed E-state index contributed by atoms with van der Waals surface area (Å²) in [7, 11) is 0. The molecule has 0 spiro atoms. The van der Waals surface area contributed by atoms with Gasteiger partial charge in [0.2, 0.25) is 0 Å². The van der Waals surface area contributed by atoms with Crippen molar-refractivity contribution in [2.24, 2.45) is 0 Å². The third-order valence-corrected chi connectivity index (χ3v) is 3.32. The number of nitrogens with zero attached hydrogens (tertiary/aromatic N) is 1. The maximum absolute atomic E-state index is 6.05. The first-order valence-electron chi connectivity index (χ1n) is 5.94. The topological polar surface area (TPSA) is 15.3 Å². The summed E-state index contributed by atoms with van der Waals surface area (Å²) in [5, 5.41) is 4.12. The Morgan fingerprint density at radius 3 is 2.82 bits per heavy atom. The minimum atomic E-state index is 0.791. The number of aryl methyl sites for hydroxylation is 1. The number of benzene rings is 1. The summed E-state index contributed by atoms with van der Waals surface area (Å²) in [6.07, 6.45) is 0. The van der Waals surface area contributed by atoms with Gasteiger partial charge >= 0.3 is 0 Å². The minimum absolute atomic E-state index is 0.791. The van der Waals surface area contributed by atoms with Gasteiger partial charge in [-0.15, -0.1) is 0 Å². The Morgan fingerprint density at radius 1 is 1.35 bits per heavy atom. The van der Waals surface area contributed by atoms with Crippen molar-refractivity contribution >= 4 is 11.6 Å². The monoisotopic (exact) mass is 248 g/mol. The van der Waals surface area contributed by atoms with Crippen LogP contribution in [0.3, 0.4) is 0 Å². The van der Waals surface area contributed by atoms with Gasteiger partial charge in [-0.3, -0.25) is 4.90 Å². The fourth-order valence-corrected chi connectivity index (χ4v) is 1.97. The van der Waals surface area contributed by atoms with Gasteiger partial charge in [0.15, 0.2) is 0 Å². The van der Waals surface area contributed by atoms with Crippen LogP contribution >= 0.6 is 11.6 Å². The molecule has 1 N–H and O–H groups in total. The number of nitrogens with one attached hydrogen (secondary N) is 1. The van der Waals surface area contributed by atoms with E-state index in [-0.39, 0.29) is 0 Å². The van der Waals surface area contributed by atoms with Crippen LogP contribution < -0.4 is 5.32 Å². The van der Waals surface area contributed by atoms with Gasteiger partial charge in [-0.05, 0) is 24.6 Å². The summed E-state index contributed by atoms with van der Waals surface area (Å²) < 4.78 is 0. The molecule has 1 aromatic carbocycles. The second-order valence-electron chi connectivity index (χ2n) is 4.29. The lowest BCUT2D eigenvalue weighted by atomic mass is 10.1. The van der Waals surface area contributed by atoms with Crippen LogP contribution in [-0.4, -0.2) is 37.6 Å². The summed E-state index contributed by atoms with van der Waals surface area (Å²) in [6, 6.07) is 5.96. The Bertz CT molecular complexity index is 439. The molecule has 0 radical (unpaired) electrons. The van der Waals surface area contributed by atoms with E-state index in [1.54, 1.807) is 0 Å². The van der Waals surface area contributed by atoms with Crippen molar-refractivity contribution in [1.29, 1.82) is 0 Å². The average molecular weight is 249 g/mol. The molecule has 0 aromatic heterocycles. The largest absolute Gasteiger partial charge is 0.314 e. The summed E-state index contributed by atoms with van der Waals surface area (Å²) in [5.41, 5.74) is 2.09. The first-order chi connectivity index (χ1) is 8.25. The van der Waals surface area contributed by atoms with Crippen LogP contribution in [0.1, 0.15) is 11.1 Å². The fourth-order valence-electron chi connectivity index (χ4n) is 1.79. The maximum atomic E-state index is 6.05. The van der Waals surface area contributed by atoms with Crippen LogP contribution in [0.2, 0.25) is 5.02 Å². The normalized spacial score (nSPS) is 16.4. The molecule has 2 rings (SSSR count). The van der Waals surface area contributed by atoms with Crippen molar-refractivity contribution in [2.75, 3.05) is 32.7 Å². The van der Waals surface area contributed by atoms with E-state index in [4.69, 9.17) is 11.6 Å². The van der Waals surface area contributed by atoms with E-state index in [1.165, 1.54) is 0 Å². The van der Waals surface area contributed by atoms with Crippen LogP contribution in [0, 0.1) is 18.8 Å². The van der Waals surface area contributed by atoms with Crippen molar-refractivity contribution < 1.29 is 0 Å². The molecular weight excluding hydrogens is 232 g/mol. The molecule has 90 valence electrons. The molecule has 1 aliphatic heterocycles. The number of rotatable bonds is 1. The summed E-state index contributed by atoms with van der Waals surface area (Å²) in [4.78, 5) is 2.36. The molecule has 0 unspecified atom stereocenters. The number of halogens is 1. The highest BCUT2D eigenvalue weighted by Crippen LogP contribution is 2.15. The molecule has 3 heteroatoms. The summed E-state index contributed by atoms with van der Waals surface area (Å²) >= 11 is 6.05. The molecule has 2 nitrogen and oxygen atoms in total. The summed E-state index contributed by atoms with van der Waals surface area (Å²) in [5.74, 6) is 6.37. The summed E-state index contributed by atoms with van der Waals surface area (Å²) in [6.45, 7) is 7.15. The molecule has 1 fully saturated rings. The van der Waals surface area contributed by atoms with Crippen LogP contribution in [0.5, 0.6) is 0 Å². The Balaban J connectivity index is 1.93. The quantitative estimate of drug-likeness (QED) is 0.764. The van der Waals surface area contributed by atoms with Gasteiger partial charge in [-0.25, -0.2) is 0 Å². The maximum Gasteiger partial charge on any atom is 0.0606 e.